The second-order valence-corrected chi connectivity index (χ2v) is 6.34. The van der Waals surface area contributed by atoms with Gasteiger partial charge in [0, 0.05) is 25.9 Å². The number of carbonyl (C=O) groups excluding carboxylic acids is 1. The van der Waals surface area contributed by atoms with Crippen LogP contribution in [0.15, 0.2) is 12.3 Å². The topological polar surface area (TPSA) is 78.1 Å². The van der Waals surface area contributed by atoms with E-state index in [0.29, 0.717) is 25.3 Å². The molecule has 1 amide bonds. The van der Waals surface area contributed by atoms with E-state index >= 15 is 0 Å². The summed E-state index contributed by atoms with van der Waals surface area (Å²) in [7, 11) is 1.77. The Balaban J connectivity index is 1.55. The lowest BCUT2D eigenvalue weighted by Gasteiger charge is -2.16. The van der Waals surface area contributed by atoms with E-state index in [-0.39, 0.29) is 12.0 Å². The number of hydrogen-bond donors (Lipinski definition) is 0. The molecule has 0 N–H and O–H groups in total. The van der Waals surface area contributed by atoms with Crippen LogP contribution in [0.5, 0.6) is 0 Å². The number of hydrogen-bond acceptors (Lipinski definition) is 5. The van der Waals surface area contributed by atoms with Gasteiger partial charge in [-0.2, -0.15) is 5.10 Å². The van der Waals surface area contributed by atoms with E-state index < -0.39 is 0 Å². The molecule has 8 nitrogen and oxygen atoms in total. The van der Waals surface area contributed by atoms with Crippen molar-refractivity contribution < 1.29 is 9.53 Å². The monoisotopic (exact) mass is 332 g/mol. The van der Waals surface area contributed by atoms with Crippen molar-refractivity contribution >= 4 is 5.91 Å². The van der Waals surface area contributed by atoms with Crippen molar-refractivity contribution in [3.8, 4) is 0 Å². The molecule has 1 aliphatic heterocycles. The average molecular weight is 332 g/mol. The van der Waals surface area contributed by atoms with E-state index in [2.05, 4.69) is 15.4 Å². The third-order valence-corrected chi connectivity index (χ3v) is 4.27. The van der Waals surface area contributed by atoms with E-state index in [1.165, 1.54) is 0 Å². The van der Waals surface area contributed by atoms with Crippen molar-refractivity contribution in [1.29, 1.82) is 0 Å². The second kappa shape index (κ2) is 7.12. The summed E-state index contributed by atoms with van der Waals surface area (Å²) in [5.74, 6) is -0.130. The number of nitrogens with zero attached hydrogens (tertiary/aromatic N) is 6. The number of aryl methyl sites for hydroxylation is 2. The summed E-state index contributed by atoms with van der Waals surface area (Å²) in [6.45, 7) is 6.66. The molecule has 1 saturated heterocycles. The molecule has 24 heavy (non-hydrogen) atoms. The standard InChI is InChI=1S/C16H24N6O2/c1-12-9-13(2)22(18-12)7-6-20(3)16(23)15-11-21(19-17-15)10-14-5-4-8-24-14/h9,11,14H,4-8,10H2,1-3H3. The first-order valence-corrected chi connectivity index (χ1v) is 8.31. The molecule has 0 aliphatic carbocycles. The molecular formula is C16H24N6O2. The Kier molecular flexibility index (Phi) is 4.94. The third kappa shape index (κ3) is 3.81. The van der Waals surface area contributed by atoms with Gasteiger partial charge in [0.15, 0.2) is 5.69 Å². The van der Waals surface area contributed by atoms with Crippen molar-refractivity contribution in [3.63, 3.8) is 0 Å². The molecule has 1 aliphatic rings. The summed E-state index contributed by atoms with van der Waals surface area (Å²) in [6, 6.07) is 2.03. The molecule has 8 heteroatoms. The summed E-state index contributed by atoms with van der Waals surface area (Å²) >= 11 is 0. The molecule has 3 heterocycles. The minimum Gasteiger partial charge on any atom is -0.376 e. The predicted molar refractivity (Wildman–Crippen MR) is 87.7 cm³/mol. The zero-order valence-electron chi connectivity index (χ0n) is 14.5. The highest BCUT2D eigenvalue weighted by atomic mass is 16.5. The normalized spacial score (nSPS) is 17.4. The fourth-order valence-electron chi connectivity index (χ4n) is 2.93. The minimum absolute atomic E-state index is 0.130. The van der Waals surface area contributed by atoms with Crippen molar-refractivity contribution in [3.05, 3.63) is 29.3 Å². The highest BCUT2D eigenvalue weighted by Crippen LogP contribution is 2.13. The van der Waals surface area contributed by atoms with Crippen molar-refractivity contribution in [2.45, 2.75) is 45.9 Å². The van der Waals surface area contributed by atoms with Crippen LogP contribution >= 0.6 is 0 Å². The molecule has 0 saturated carbocycles. The maximum atomic E-state index is 12.5. The van der Waals surface area contributed by atoms with Gasteiger partial charge in [0.2, 0.25) is 0 Å². The van der Waals surface area contributed by atoms with Gasteiger partial charge in [-0.1, -0.05) is 5.21 Å². The quantitative estimate of drug-likeness (QED) is 0.790. The van der Waals surface area contributed by atoms with Crippen LogP contribution in [-0.4, -0.2) is 61.9 Å². The van der Waals surface area contributed by atoms with Gasteiger partial charge in [0.05, 0.1) is 31.1 Å². The summed E-state index contributed by atoms with van der Waals surface area (Å²) in [5, 5.41) is 12.4. The van der Waals surface area contributed by atoms with Crippen molar-refractivity contribution in [1.82, 2.24) is 29.7 Å². The highest BCUT2D eigenvalue weighted by Gasteiger charge is 2.19. The minimum atomic E-state index is -0.130. The Morgan fingerprint density at radius 3 is 2.96 bits per heavy atom. The Bertz CT molecular complexity index is 701. The number of carbonyl (C=O) groups is 1. The zero-order valence-corrected chi connectivity index (χ0v) is 14.5. The van der Waals surface area contributed by atoms with E-state index in [4.69, 9.17) is 4.74 Å². The Hall–Kier alpha value is -2.22. The number of ether oxygens (including phenoxy) is 1. The first kappa shape index (κ1) is 16.6. The Morgan fingerprint density at radius 2 is 2.29 bits per heavy atom. The highest BCUT2D eigenvalue weighted by molar-refractivity contribution is 5.91. The third-order valence-electron chi connectivity index (χ3n) is 4.27. The van der Waals surface area contributed by atoms with Crippen molar-refractivity contribution in [2.24, 2.45) is 0 Å². The van der Waals surface area contributed by atoms with Crippen LogP contribution in [0.1, 0.15) is 34.7 Å². The molecule has 2 aromatic rings. The first-order valence-electron chi connectivity index (χ1n) is 8.31. The lowest BCUT2D eigenvalue weighted by atomic mass is 10.2. The van der Waals surface area contributed by atoms with E-state index in [0.717, 1.165) is 30.8 Å². The summed E-state index contributed by atoms with van der Waals surface area (Å²) in [4.78, 5) is 14.1. The molecule has 3 rings (SSSR count). The molecule has 0 bridgehead atoms. The van der Waals surface area contributed by atoms with Crippen LogP contribution in [0.3, 0.4) is 0 Å². The van der Waals surface area contributed by atoms with Gasteiger partial charge in [-0.25, -0.2) is 4.68 Å². The lowest BCUT2D eigenvalue weighted by molar-refractivity contribution is 0.0782. The number of aromatic nitrogens is 5. The molecule has 0 aromatic carbocycles. The molecular weight excluding hydrogens is 308 g/mol. The van der Waals surface area contributed by atoms with Crippen LogP contribution in [0, 0.1) is 13.8 Å². The van der Waals surface area contributed by atoms with Crippen LogP contribution < -0.4 is 0 Å². The second-order valence-electron chi connectivity index (χ2n) is 6.34. The number of rotatable bonds is 6. The molecule has 0 spiro atoms. The number of likely N-dealkylation sites (N-methyl/N-ethyl adjacent to an activating group) is 1. The van der Waals surface area contributed by atoms with Crippen LogP contribution in [0.25, 0.3) is 0 Å². The van der Waals surface area contributed by atoms with Crippen LogP contribution in [0.4, 0.5) is 0 Å². The van der Waals surface area contributed by atoms with Gasteiger partial charge >= 0.3 is 0 Å². The zero-order chi connectivity index (χ0) is 17.1. The van der Waals surface area contributed by atoms with Gasteiger partial charge < -0.3 is 9.64 Å². The molecule has 130 valence electrons. The van der Waals surface area contributed by atoms with Gasteiger partial charge in [0.1, 0.15) is 0 Å². The SMILES string of the molecule is Cc1cc(C)n(CCN(C)C(=O)c2cn(CC3CCCO3)nn2)n1. The van der Waals surface area contributed by atoms with Crippen LogP contribution in [0.2, 0.25) is 0 Å². The maximum Gasteiger partial charge on any atom is 0.275 e. The summed E-state index contributed by atoms with van der Waals surface area (Å²) in [6.07, 6.45) is 3.99. The fourth-order valence-corrected chi connectivity index (χ4v) is 2.93. The molecule has 0 radical (unpaired) electrons. The van der Waals surface area contributed by atoms with Gasteiger partial charge in [-0.05, 0) is 32.8 Å². The first-order chi connectivity index (χ1) is 11.5. The molecule has 1 fully saturated rings. The molecule has 2 aromatic heterocycles. The predicted octanol–water partition coefficient (Wildman–Crippen LogP) is 1.04. The van der Waals surface area contributed by atoms with E-state index in [1.807, 2.05) is 24.6 Å². The Morgan fingerprint density at radius 1 is 1.46 bits per heavy atom. The summed E-state index contributed by atoms with van der Waals surface area (Å²) in [5.41, 5.74) is 2.44. The van der Waals surface area contributed by atoms with Crippen molar-refractivity contribution in [2.75, 3.05) is 20.2 Å². The maximum absolute atomic E-state index is 12.5. The molecule has 1 unspecified atom stereocenters. The number of amides is 1. The lowest BCUT2D eigenvalue weighted by Crippen LogP contribution is -2.30. The van der Waals surface area contributed by atoms with Gasteiger partial charge in [0.25, 0.3) is 5.91 Å². The van der Waals surface area contributed by atoms with Gasteiger partial charge in [-0.15, -0.1) is 5.10 Å². The Labute approximate surface area is 141 Å². The fraction of sp³-hybridized carbons (Fsp3) is 0.625. The molecule has 1 atom stereocenters. The largest absolute Gasteiger partial charge is 0.376 e. The van der Waals surface area contributed by atoms with Crippen LogP contribution in [-0.2, 0) is 17.8 Å². The smallest absolute Gasteiger partial charge is 0.275 e. The van der Waals surface area contributed by atoms with Gasteiger partial charge in [-0.3, -0.25) is 9.48 Å². The van der Waals surface area contributed by atoms with E-state index in [1.54, 1.807) is 22.8 Å². The summed E-state index contributed by atoms with van der Waals surface area (Å²) < 4.78 is 9.18. The average Bonchev–Trinajstić information content (AvgIpc) is 3.27. The van der Waals surface area contributed by atoms with E-state index in [9.17, 15) is 4.79 Å².